The minimum absolute atomic E-state index is 0.289. The summed E-state index contributed by atoms with van der Waals surface area (Å²) in [6.07, 6.45) is 1.24. The zero-order valence-corrected chi connectivity index (χ0v) is 10.6. The Labute approximate surface area is 84.5 Å². The first kappa shape index (κ1) is 13.0. The van der Waals surface area contributed by atoms with E-state index in [1.807, 2.05) is 0 Å². The van der Waals surface area contributed by atoms with Crippen LogP contribution in [0.5, 0.6) is 0 Å². The molecule has 0 aliphatic rings. The fraction of sp³-hybridized carbons (Fsp3) is 1.00. The number of hydrogen-bond donors (Lipinski definition) is 0. The third-order valence-corrected chi connectivity index (χ3v) is 3.50. The Kier molecular flexibility index (Phi) is 4.44. The van der Waals surface area contributed by atoms with Gasteiger partial charge in [-0.3, -0.25) is 4.90 Å². The van der Waals surface area contributed by atoms with Gasteiger partial charge in [0.25, 0.3) is 0 Å². The van der Waals surface area contributed by atoms with E-state index in [2.05, 4.69) is 53.4 Å². The number of hydrogen-bond acceptors (Lipinski definition) is 1. The molecule has 0 spiro atoms. The molecule has 0 aliphatic heterocycles. The Hall–Kier alpha value is -0.0400. The van der Waals surface area contributed by atoms with Crippen LogP contribution in [0.15, 0.2) is 0 Å². The first-order valence-corrected chi connectivity index (χ1v) is 5.52. The fourth-order valence-corrected chi connectivity index (χ4v) is 1.58. The summed E-state index contributed by atoms with van der Waals surface area (Å²) in [5.74, 6) is 0. The summed E-state index contributed by atoms with van der Waals surface area (Å²) in [7, 11) is 0. The van der Waals surface area contributed by atoms with Gasteiger partial charge in [-0.15, -0.1) is 0 Å². The van der Waals surface area contributed by atoms with Crippen LogP contribution in [0.4, 0.5) is 0 Å². The summed E-state index contributed by atoms with van der Waals surface area (Å²) in [5.41, 5.74) is 0.635. The normalized spacial score (nSPS) is 13.8. The molecule has 13 heavy (non-hydrogen) atoms. The molecule has 0 N–H and O–H groups in total. The molecule has 0 bridgehead atoms. The van der Waals surface area contributed by atoms with E-state index in [0.29, 0.717) is 5.41 Å². The molecule has 0 aromatic rings. The van der Waals surface area contributed by atoms with Gasteiger partial charge in [0, 0.05) is 5.54 Å². The summed E-state index contributed by atoms with van der Waals surface area (Å²) in [6.45, 7) is 18.5. The van der Waals surface area contributed by atoms with Crippen molar-refractivity contribution in [1.29, 1.82) is 0 Å². The zero-order valence-electron chi connectivity index (χ0n) is 10.6. The van der Waals surface area contributed by atoms with Crippen molar-refractivity contribution in [2.45, 2.75) is 60.4 Å². The van der Waals surface area contributed by atoms with Crippen molar-refractivity contribution < 1.29 is 0 Å². The maximum absolute atomic E-state index is 2.58. The average Bonchev–Trinajstić information content (AvgIpc) is 1.97. The lowest BCUT2D eigenvalue weighted by atomic mass is 9.75. The predicted molar refractivity (Wildman–Crippen MR) is 61.1 cm³/mol. The molecule has 0 atom stereocenters. The fourth-order valence-electron chi connectivity index (χ4n) is 1.58. The molecule has 0 saturated heterocycles. The number of rotatable bonds is 4. The predicted octanol–water partition coefficient (Wildman–Crippen LogP) is 3.54. The lowest BCUT2D eigenvalue weighted by molar-refractivity contribution is 0.0259. The Bertz CT molecular complexity index is 142. The van der Waals surface area contributed by atoms with E-state index in [-0.39, 0.29) is 5.54 Å². The molecule has 0 aromatic carbocycles. The third kappa shape index (κ3) is 2.98. The summed E-state index contributed by atoms with van der Waals surface area (Å²) in [6, 6.07) is 0. The van der Waals surface area contributed by atoms with E-state index in [1.165, 1.54) is 13.0 Å². The Balaban J connectivity index is 4.56. The molecular weight excluding hydrogens is 158 g/mol. The molecule has 0 rings (SSSR count). The summed E-state index contributed by atoms with van der Waals surface area (Å²) >= 11 is 0. The van der Waals surface area contributed by atoms with Crippen LogP contribution >= 0.6 is 0 Å². The van der Waals surface area contributed by atoms with Crippen molar-refractivity contribution in [3.05, 3.63) is 0 Å². The Morgan fingerprint density at radius 3 is 1.62 bits per heavy atom. The maximum Gasteiger partial charge on any atom is 0.0201 e. The van der Waals surface area contributed by atoms with Crippen molar-refractivity contribution in [3.8, 4) is 0 Å². The lowest BCUT2D eigenvalue weighted by Gasteiger charge is -2.47. The monoisotopic (exact) mass is 185 g/mol. The highest BCUT2D eigenvalue weighted by molar-refractivity contribution is 4.91. The SMILES string of the molecule is CCCN(CC)C(C)(C)C(C)(C)C. The summed E-state index contributed by atoms with van der Waals surface area (Å²) < 4.78 is 0. The molecule has 1 heteroatoms. The standard InChI is InChI=1S/C12H27N/c1-8-10-13(9-2)12(6,7)11(3,4)5/h8-10H2,1-7H3. The van der Waals surface area contributed by atoms with Gasteiger partial charge in [0.15, 0.2) is 0 Å². The van der Waals surface area contributed by atoms with Crippen molar-refractivity contribution in [2.24, 2.45) is 5.41 Å². The van der Waals surface area contributed by atoms with Crippen LogP contribution in [-0.2, 0) is 0 Å². The van der Waals surface area contributed by atoms with E-state index in [1.54, 1.807) is 0 Å². The van der Waals surface area contributed by atoms with Gasteiger partial charge in [-0.2, -0.15) is 0 Å². The van der Waals surface area contributed by atoms with Gasteiger partial charge < -0.3 is 0 Å². The average molecular weight is 185 g/mol. The first-order chi connectivity index (χ1) is 5.77. The largest absolute Gasteiger partial charge is 0.298 e. The molecular formula is C12H27N. The van der Waals surface area contributed by atoms with Crippen molar-refractivity contribution in [2.75, 3.05) is 13.1 Å². The highest BCUT2D eigenvalue weighted by atomic mass is 15.2. The smallest absolute Gasteiger partial charge is 0.0201 e. The molecule has 80 valence electrons. The van der Waals surface area contributed by atoms with Gasteiger partial charge in [0.2, 0.25) is 0 Å². The molecule has 0 unspecified atom stereocenters. The van der Waals surface area contributed by atoms with E-state index in [9.17, 15) is 0 Å². The maximum atomic E-state index is 2.58. The van der Waals surface area contributed by atoms with Crippen molar-refractivity contribution in [1.82, 2.24) is 4.90 Å². The van der Waals surface area contributed by atoms with Gasteiger partial charge in [0.05, 0.1) is 0 Å². The van der Waals surface area contributed by atoms with Crippen LogP contribution in [0.25, 0.3) is 0 Å². The lowest BCUT2D eigenvalue weighted by Crippen LogP contribution is -2.52. The van der Waals surface area contributed by atoms with Crippen LogP contribution in [0.3, 0.4) is 0 Å². The van der Waals surface area contributed by atoms with Crippen LogP contribution < -0.4 is 0 Å². The summed E-state index contributed by atoms with van der Waals surface area (Å²) in [5, 5.41) is 0. The molecule has 0 aromatic heterocycles. The Morgan fingerprint density at radius 2 is 1.38 bits per heavy atom. The van der Waals surface area contributed by atoms with Gasteiger partial charge in [-0.25, -0.2) is 0 Å². The van der Waals surface area contributed by atoms with E-state index < -0.39 is 0 Å². The second-order valence-corrected chi connectivity index (χ2v) is 5.39. The second-order valence-electron chi connectivity index (χ2n) is 5.39. The van der Waals surface area contributed by atoms with Crippen LogP contribution in [0, 0.1) is 5.41 Å². The van der Waals surface area contributed by atoms with E-state index in [4.69, 9.17) is 0 Å². The highest BCUT2D eigenvalue weighted by Crippen LogP contribution is 2.34. The minimum Gasteiger partial charge on any atom is -0.298 e. The van der Waals surface area contributed by atoms with Gasteiger partial charge in [0.1, 0.15) is 0 Å². The molecule has 0 heterocycles. The summed E-state index contributed by atoms with van der Waals surface area (Å²) in [4.78, 5) is 2.58. The quantitative estimate of drug-likeness (QED) is 0.647. The van der Waals surface area contributed by atoms with Gasteiger partial charge >= 0.3 is 0 Å². The first-order valence-electron chi connectivity index (χ1n) is 5.52. The number of nitrogens with zero attached hydrogens (tertiary/aromatic N) is 1. The Morgan fingerprint density at radius 1 is 0.923 bits per heavy atom. The third-order valence-electron chi connectivity index (χ3n) is 3.50. The van der Waals surface area contributed by atoms with Gasteiger partial charge in [-0.05, 0) is 38.8 Å². The van der Waals surface area contributed by atoms with Crippen LogP contribution in [0.1, 0.15) is 54.9 Å². The molecule has 0 aliphatic carbocycles. The van der Waals surface area contributed by atoms with Crippen molar-refractivity contribution >= 4 is 0 Å². The highest BCUT2D eigenvalue weighted by Gasteiger charge is 2.36. The van der Waals surface area contributed by atoms with Gasteiger partial charge in [-0.1, -0.05) is 34.6 Å². The molecule has 1 nitrogen and oxygen atoms in total. The molecule has 0 radical (unpaired) electrons. The topological polar surface area (TPSA) is 3.24 Å². The van der Waals surface area contributed by atoms with Crippen LogP contribution in [0.2, 0.25) is 0 Å². The zero-order chi connectivity index (χ0) is 10.7. The van der Waals surface area contributed by atoms with Crippen molar-refractivity contribution in [3.63, 3.8) is 0 Å². The van der Waals surface area contributed by atoms with Crippen LogP contribution in [-0.4, -0.2) is 23.5 Å². The molecule has 0 saturated carbocycles. The minimum atomic E-state index is 0.289. The molecule has 0 fully saturated rings. The second kappa shape index (κ2) is 4.45. The van der Waals surface area contributed by atoms with E-state index in [0.717, 1.165) is 6.54 Å². The van der Waals surface area contributed by atoms with E-state index >= 15 is 0 Å². The molecule has 0 amide bonds.